The molecule has 26 heavy (non-hydrogen) atoms. The summed E-state index contributed by atoms with van der Waals surface area (Å²) < 4.78 is 0. The molecule has 1 amide bonds. The van der Waals surface area contributed by atoms with E-state index in [0.29, 0.717) is 13.0 Å². The van der Waals surface area contributed by atoms with E-state index in [0.717, 1.165) is 22.2 Å². The lowest BCUT2D eigenvalue weighted by molar-refractivity contribution is -0.143. The summed E-state index contributed by atoms with van der Waals surface area (Å²) in [5.41, 5.74) is 1.29. The van der Waals surface area contributed by atoms with Crippen LogP contribution in [0.5, 0.6) is 0 Å². The number of nitrogens with zero attached hydrogens (tertiary/aromatic N) is 2. The number of fused-ring (bicyclic) bond motifs is 1. The summed E-state index contributed by atoms with van der Waals surface area (Å²) in [6.45, 7) is 0.628. The van der Waals surface area contributed by atoms with Crippen LogP contribution in [0.1, 0.15) is 17.7 Å². The molecule has 132 valence electrons. The number of amides is 1. The van der Waals surface area contributed by atoms with Gasteiger partial charge in [-0.05, 0) is 18.1 Å². The molecular formula is C20H19N3O3. The Labute approximate surface area is 150 Å². The minimum atomic E-state index is -1.03. The highest BCUT2D eigenvalue weighted by molar-refractivity contribution is 5.89. The number of aromatic nitrogens is 2. The number of nitrogens with one attached hydrogen (secondary N) is 1. The first-order valence-corrected chi connectivity index (χ1v) is 8.59. The minimum absolute atomic E-state index is 0.0848. The first-order chi connectivity index (χ1) is 12.6. The standard InChI is InChI=1S/C20H19N3O3/c24-18(12-17-15-8-4-5-9-16(15)21-22-17)23-11-10-20(13-23,19(25)26)14-6-2-1-3-7-14/h1-9H,10-13H2,(H,21,22)(H,25,26). The molecule has 0 saturated carbocycles. The van der Waals surface area contributed by atoms with Crippen molar-refractivity contribution in [1.29, 1.82) is 0 Å². The lowest BCUT2D eigenvalue weighted by atomic mass is 9.80. The van der Waals surface area contributed by atoms with Gasteiger partial charge in [-0.3, -0.25) is 14.7 Å². The molecular weight excluding hydrogens is 330 g/mol. The van der Waals surface area contributed by atoms with Crippen molar-refractivity contribution < 1.29 is 14.7 Å². The van der Waals surface area contributed by atoms with E-state index in [1.54, 1.807) is 4.90 Å². The fourth-order valence-electron chi connectivity index (χ4n) is 3.73. The van der Waals surface area contributed by atoms with E-state index >= 15 is 0 Å². The van der Waals surface area contributed by atoms with E-state index in [1.807, 2.05) is 54.6 Å². The van der Waals surface area contributed by atoms with E-state index in [1.165, 1.54) is 0 Å². The molecule has 4 rings (SSSR count). The number of carbonyl (C=O) groups excluding carboxylic acids is 1. The van der Waals surface area contributed by atoms with Crippen LogP contribution in [0.3, 0.4) is 0 Å². The maximum absolute atomic E-state index is 12.8. The normalized spacial score (nSPS) is 19.8. The molecule has 0 aliphatic carbocycles. The molecule has 1 unspecified atom stereocenters. The predicted octanol–water partition coefficient (Wildman–Crippen LogP) is 2.36. The van der Waals surface area contributed by atoms with Gasteiger partial charge in [-0.1, -0.05) is 48.5 Å². The highest BCUT2D eigenvalue weighted by atomic mass is 16.4. The predicted molar refractivity (Wildman–Crippen MR) is 96.8 cm³/mol. The van der Waals surface area contributed by atoms with Gasteiger partial charge in [0.1, 0.15) is 5.41 Å². The van der Waals surface area contributed by atoms with Crippen molar-refractivity contribution in [3.8, 4) is 0 Å². The van der Waals surface area contributed by atoms with Gasteiger partial charge in [0.25, 0.3) is 0 Å². The average Bonchev–Trinajstić information content (AvgIpc) is 3.28. The van der Waals surface area contributed by atoms with Gasteiger partial charge in [0.05, 0.1) is 17.6 Å². The number of aromatic amines is 1. The van der Waals surface area contributed by atoms with Gasteiger partial charge in [-0.15, -0.1) is 0 Å². The topological polar surface area (TPSA) is 86.3 Å². The Morgan fingerprint density at radius 2 is 1.85 bits per heavy atom. The number of hydrogen-bond acceptors (Lipinski definition) is 3. The third-order valence-corrected chi connectivity index (χ3v) is 5.23. The van der Waals surface area contributed by atoms with Crippen molar-refractivity contribution in [3.05, 3.63) is 65.9 Å². The fraction of sp³-hybridized carbons (Fsp3) is 0.250. The van der Waals surface area contributed by atoms with E-state index in [-0.39, 0.29) is 18.9 Å². The van der Waals surface area contributed by atoms with Gasteiger partial charge in [0.2, 0.25) is 5.91 Å². The Balaban J connectivity index is 1.56. The van der Waals surface area contributed by atoms with Crippen molar-refractivity contribution in [1.82, 2.24) is 15.1 Å². The van der Waals surface area contributed by atoms with Crippen LogP contribution < -0.4 is 0 Å². The summed E-state index contributed by atoms with van der Waals surface area (Å²) >= 11 is 0. The third kappa shape index (κ3) is 2.63. The maximum Gasteiger partial charge on any atom is 0.316 e. The van der Waals surface area contributed by atoms with Gasteiger partial charge in [-0.25, -0.2) is 0 Å². The lowest BCUT2D eigenvalue weighted by Gasteiger charge is -2.25. The van der Waals surface area contributed by atoms with Gasteiger partial charge in [-0.2, -0.15) is 5.10 Å². The van der Waals surface area contributed by atoms with Crippen molar-refractivity contribution in [3.63, 3.8) is 0 Å². The number of likely N-dealkylation sites (tertiary alicyclic amines) is 1. The van der Waals surface area contributed by atoms with Crippen LogP contribution in [0.25, 0.3) is 10.9 Å². The SMILES string of the molecule is O=C(Cc1[nH]nc2ccccc12)N1CCC(C(=O)O)(c2ccccc2)C1. The fourth-order valence-corrected chi connectivity index (χ4v) is 3.73. The van der Waals surface area contributed by atoms with Crippen LogP contribution in [0, 0.1) is 0 Å². The smallest absolute Gasteiger partial charge is 0.316 e. The Morgan fingerprint density at radius 1 is 1.12 bits per heavy atom. The number of carboxylic acids is 1. The highest BCUT2D eigenvalue weighted by Crippen LogP contribution is 2.35. The summed E-state index contributed by atoms with van der Waals surface area (Å²) in [4.78, 5) is 26.5. The minimum Gasteiger partial charge on any atom is -0.481 e. The van der Waals surface area contributed by atoms with Crippen LogP contribution in [0.15, 0.2) is 54.6 Å². The van der Waals surface area contributed by atoms with E-state index in [9.17, 15) is 14.7 Å². The second kappa shape index (κ2) is 6.29. The zero-order valence-corrected chi connectivity index (χ0v) is 14.2. The number of rotatable bonds is 4. The maximum atomic E-state index is 12.8. The molecule has 2 aromatic carbocycles. The zero-order chi connectivity index (χ0) is 18.1. The first kappa shape index (κ1) is 16.3. The van der Waals surface area contributed by atoms with Crippen LogP contribution in [0.2, 0.25) is 0 Å². The summed E-state index contributed by atoms with van der Waals surface area (Å²) in [6.07, 6.45) is 0.604. The van der Waals surface area contributed by atoms with Gasteiger partial charge in [0, 0.05) is 18.5 Å². The van der Waals surface area contributed by atoms with Crippen LogP contribution >= 0.6 is 0 Å². The Morgan fingerprint density at radius 3 is 2.62 bits per heavy atom. The van der Waals surface area contributed by atoms with E-state index in [4.69, 9.17) is 0 Å². The molecule has 0 bridgehead atoms. The summed E-state index contributed by atoms with van der Waals surface area (Å²) in [6, 6.07) is 16.8. The average molecular weight is 349 g/mol. The van der Waals surface area contributed by atoms with Gasteiger partial charge < -0.3 is 10.0 Å². The van der Waals surface area contributed by atoms with E-state index < -0.39 is 11.4 Å². The van der Waals surface area contributed by atoms with Crippen molar-refractivity contribution >= 4 is 22.8 Å². The Hall–Kier alpha value is -3.15. The second-order valence-corrected chi connectivity index (χ2v) is 6.71. The van der Waals surface area contributed by atoms with Gasteiger partial charge in [0.15, 0.2) is 0 Å². The molecule has 6 nitrogen and oxygen atoms in total. The number of carbonyl (C=O) groups is 2. The Kier molecular flexibility index (Phi) is 3.95. The molecule has 1 aliphatic rings. The molecule has 3 aromatic rings. The molecule has 6 heteroatoms. The lowest BCUT2D eigenvalue weighted by Crippen LogP contribution is -2.40. The molecule has 0 spiro atoms. The first-order valence-electron chi connectivity index (χ1n) is 8.59. The number of hydrogen-bond donors (Lipinski definition) is 2. The number of carboxylic acid groups (broad SMARTS) is 1. The summed E-state index contributed by atoms with van der Waals surface area (Å²) in [7, 11) is 0. The third-order valence-electron chi connectivity index (χ3n) is 5.23. The van der Waals surface area contributed by atoms with Crippen LogP contribution in [-0.4, -0.2) is 45.2 Å². The molecule has 2 N–H and O–H groups in total. The number of benzene rings is 2. The summed E-state index contributed by atoms with van der Waals surface area (Å²) in [5, 5.41) is 17.9. The second-order valence-electron chi connectivity index (χ2n) is 6.71. The Bertz CT molecular complexity index is 967. The van der Waals surface area contributed by atoms with Crippen LogP contribution in [0.4, 0.5) is 0 Å². The molecule has 1 saturated heterocycles. The number of aliphatic carboxylic acids is 1. The molecule has 1 atom stereocenters. The molecule has 1 fully saturated rings. The quantitative estimate of drug-likeness (QED) is 0.757. The van der Waals surface area contributed by atoms with Crippen molar-refractivity contribution in [2.75, 3.05) is 13.1 Å². The number of H-pyrrole nitrogens is 1. The molecule has 0 radical (unpaired) electrons. The number of para-hydroxylation sites is 1. The molecule has 1 aliphatic heterocycles. The largest absolute Gasteiger partial charge is 0.481 e. The van der Waals surface area contributed by atoms with Crippen LogP contribution in [-0.2, 0) is 21.4 Å². The van der Waals surface area contributed by atoms with Crippen molar-refractivity contribution in [2.45, 2.75) is 18.3 Å². The van der Waals surface area contributed by atoms with Crippen molar-refractivity contribution in [2.24, 2.45) is 0 Å². The monoisotopic (exact) mass is 349 g/mol. The molecule has 1 aromatic heterocycles. The van der Waals surface area contributed by atoms with Gasteiger partial charge >= 0.3 is 5.97 Å². The van der Waals surface area contributed by atoms with E-state index in [2.05, 4.69) is 10.2 Å². The molecule has 2 heterocycles. The highest BCUT2D eigenvalue weighted by Gasteiger charge is 2.47. The zero-order valence-electron chi connectivity index (χ0n) is 14.2. The summed E-state index contributed by atoms with van der Waals surface area (Å²) in [5.74, 6) is -0.968.